The number of rotatable bonds is 5. The minimum absolute atomic E-state index is 0.0149. The lowest BCUT2D eigenvalue weighted by Gasteiger charge is -2.16. The molecule has 22 heavy (non-hydrogen) atoms. The molecule has 2 aromatic carbocycles. The third kappa shape index (κ3) is 3.37. The molecule has 0 aliphatic carbocycles. The van der Waals surface area contributed by atoms with Gasteiger partial charge in [-0.25, -0.2) is 0 Å². The van der Waals surface area contributed by atoms with Crippen molar-refractivity contribution < 1.29 is 4.79 Å². The summed E-state index contributed by atoms with van der Waals surface area (Å²) in [6.45, 7) is 2.05. The number of thiophene rings is 1. The number of nitrogens with one attached hydrogen (secondary N) is 1. The van der Waals surface area contributed by atoms with Gasteiger partial charge in [-0.1, -0.05) is 42.5 Å². The highest BCUT2D eigenvalue weighted by Gasteiger charge is 2.12. The van der Waals surface area contributed by atoms with Gasteiger partial charge in [0.2, 0.25) is 5.91 Å². The molecule has 3 rings (SSSR count). The number of hydrogen-bond donors (Lipinski definition) is 1. The largest absolute Gasteiger partial charge is 0.350 e. The molecular weight excluding hydrogens is 290 g/mol. The SMILES string of the molecule is CC(NC(=O)CCc1ccsc1)c1cccc2ccccc12. The molecule has 1 unspecified atom stereocenters. The first-order valence-corrected chi connectivity index (χ1v) is 8.46. The standard InChI is InChI=1S/C19H19NOS/c1-14(20-19(21)10-9-15-11-12-22-13-15)17-8-4-6-16-5-2-3-7-18(16)17/h2-8,11-14H,9-10H2,1H3,(H,20,21). The van der Waals surface area contributed by atoms with Gasteiger partial charge < -0.3 is 5.32 Å². The highest BCUT2D eigenvalue weighted by molar-refractivity contribution is 7.07. The van der Waals surface area contributed by atoms with Crippen molar-refractivity contribution in [1.29, 1.82) is 0 Å². The second-order valence-electron chi connectivity index (χ2n) is 5.49. The van der Waals surface area contributed by atoms with E-state index in [9.17, 15) is 4.79 Å². The fourth-order valence-corrected chi connectivity index (χ4v) is 3.42. The molecule has 1 heterocycles. The molecule has 112 valence electrons. The molecule has 0 spiro atoms. The molecule has 1 amide bonds. The van der Waals surface area contributed by atoms with E-state index in [1.165, 1.54) is 21.9 Å². The quantitative estimate of drug-likeness (QED) is 0.726. The number of aryl methyl sites for hydroxylation is 1. The van der Waals surface area contributed by atoms with Crippen molar-refractivity contribution in [3.8, 4) is 0 Å². The van der Waals surface area contributed by atoms with E-state index in [1.54, 1.807) is 11.3 Å². The van der Waals surface area contributed by atoms with Gasteiger partial charge in [0.05, 0.1) is 6.04 Å². The highest BCUT2D eigenvalue weighted by atomic mass is 32.1. The molecule has 0 aliphatic heterocycles. The maximum absolute atomic E-state index is 12.2. The maximum Gasteiger partial charge on any atom is 0.220 e. The lowest BCUT2D eigenvalue weighted by molar-refractivity contribution is -0.121. The van der Waals surface area contributed by atoms with Crippen molar-refractivity contribution in [2.24, 2.45) is 0 Å². The van der Waals surface area contributed by atoms with Crippen molar-refractivity contribution >= 4 is 28.0 Å². The average Bonchev–Trinajstić information content (AvgIpc) is 3.06. The van der Waals surface area contributed by atoms with Crippen molar-refractivity contribution in [2.75, 3.05) is 0 Å². The highest BCUT2D eigenvalue weighted by Crippen LogP contribution is 2.24. The predicted octanol–water partition coefficient (Wildman–Crippen LogP) is 4.71. The Morgan fingerprint density at radius 1 is 1.14 bits per heavy atom. The van der Waals surface area contributed by atoms with Gasteiger partial charge in [-0.15, -0.1) is 0 Å². The van der Waals surface area contributed by atoms with Crippen LogP contribution in [0.2, 0.25) is 0 Å². The van der Waals surface area contributed by atoms with Crippen LogP contribution in [0.15, 0.2) is 59.3 Å². The zero-order chi connectivity index (χ0) is 15.4. The lowest BCUT2D eigenvalue weighted by atomic mass is 9.99. The van der Waals surface area contributed by atoms with Gasteiger partial charge in [-0.3, -0.25) is 4.79 Å². The van der Waals surface area contributed by atoms with E-state index in [0.717, 1.165) is 6.42 Å². The molecule has 0 bridgehead atoms. The van der Waals surface area contributed by atoms with Gasteiger partial charge in [0, 0.05) is 6.42 Å². The van der Waals surface area contributed by atoms with Crippen LogP contribution >= 0.6 is 11.3 Å². The van der Waals surface area contributed by atoms with Crippen molar-refractivity contribution in [1.82, 2.24) is 5.32 Å². The molecule has 2 nitrogen and oxygen atoms in total. The number of fused-ring (bicyclic) bond motifs is 1. The average molecular weight is 309 g/mol. The summed E-state index contributed by atoms with van der Waals surface area (Å²) in [7, 11) is 0. The summed E-state index contributed by atoms with van der Waals surface area (Å²) in [5, 5.41) is 9.67. The molecule has 0 saturated heterocycles. The van der Waals surface area contributed by atoms with Crippen LogP contribution in [0.5, 0.6) is 0 Å². The van der Waals surface area contributed by atoms with E-state index in [-0.39, 0.29) is 11.9 Å². The second kappa shape index (κ2) is 6.75. The molecule has 1 N–H and O–H groups in total. The van der Waals surface area contributed by atoms with Crippen LogP contribution < -0.4 is 5.32 Å². The number of carbonyl (C=O) groups is 1. The summed E-state index contributed by atoms with van der Waals surface area (Å²) in [6, 6.07) is 16.6. The number of benzene rings is 2. The Bertz CT molecular complexity index is 759. The smallest absolute Gasteiger partial charge is 0.220 e. The van der Waals surface area contributed by atoms with E-state index < -0.39 is 0 Å². The summed E-state index contributed by atoms with van der Waals surface area (Å²) in [5.41, 5.74) is 2.40. The van der Waals surface area contributed by atoms with E-state index >= 15 is 0 Å². The summed E-state index contributed by atoms with van der Waals surface area (Å²) in [4.78, 5) is 12.2. The van der Waals surface area contributed by atoms with E-state index in [4.69, 9.17) is 0 Å². The Kier molecular flexibility index (Phi) is 4.54. The van der Waals surface area contributed by atoms with Gasteiger partial charge in [-0.2, -0.15) is 11.3 Å². The molecular formula is C19H19NOS. The summed E-state index contributed by atoms with van der Waals surface area (Å²) < 4.78 is 0. The van der Waals surface area contributed by atoms with Crippen LogP contribution in [0.3, 0.4) is 0 Å². The van der Waals surface area contributed by atoms with E-state index in [1.807, 2.05) is 30.5 Å². The Morgan fingerprint density at radius 3 is 2.77 bits per heavy atom. The Labute approximate surface area is 134 Å². The van der Waals surface area contributed by atoms with Crippen LogP contribution in [0.1, 0.15) is 30.5 Å². The first-order valence-electron chi connectivity index (χ1n) is 7.52. The van der Waals surface area contributed by atoms with Gasteiger partial charge in [-0.05, 0) is 52.1 Å². The molecule has 0 fully saturated rings. The summed E-state index contributed by atoms with van der Waals surface area (Å²) in [6.07, 6.45) is 1.34. The predicted molar refractivity (Wildman–Crippen MR) is 93.1 cm³/mol. The van der Waals surface area contributed by atoms with Gasteiger partial charge >= 0.3 is 0 Å². The Balaban J connectivity index is 1.68. The molecule has 0 saturated carbocycles. The van der Waals surface area contributed by atoms with Crippen LogP contribution in [0.4, 0.5) is 0 Å². The van der Waals surface area contributed by atoms with Crippen molar-refractivity contribution in [3.63, 3.8) is 0 Å². The lowest BCUT2D eigenvalue weighted by Crippen LogP contribution is -2.26. The Morgan fingerprint density at radius 2 is 1.95 bits per heavy atom. The maximum atomic E-state index is 12.2. The minimum atomic E-state index is 0.0149. The van der Waals surface area contributed by atoms with Gasteiger partial charge in [0.25, 0.3) is 0 Å². The fraction of sp³-hybridized carbons (Fsp3) is 0.211. The monoisotopic (exact) mass is 309 g/mol. The van der Waals surface area contributed by atoms with Gasteiger partial charge in [0.15, 0.2) is 0 Å². The minimum Gasteiger partial charge on any atom is -0.350 e. The van der Waals surface area contributed by atoms with E-state index in [0.29, 0.717) is 6.42 Å². The van der Waals surface area contributed by atoms with E-state index in [2.05, 4.69) is 41.0 Å². The topological polar surface area (TPSA) is 29.1 Å². The molecule has 0 aliphatic rings. The van der Waals surface area contributed by atoms with Crippen LogP contribution in [-0.2, 0) is 11.2 Å². The molecule has 0 radical (unpaired) electrons. The van der Waals surface area contributed by atoms with Crippen molar-refractivity contribution in [3.05, 3.63) is 70.4 Å². The van der Waals surface area contributed by atoms with Crippen LogP contribution in [0.25, 0.3) is 10.8 Å². The summed E-state index contributed by atoms with van der Waals surface area (Å²) in [5.74, 6) is 0.103. The molecule has 3 aromatic rings. The molecule has 1 aromatic heterocycles. The fourth-order valence-electron chi connectivity index (χ4n) is 2.71. The number of carbonyl (C=O) groups excluding carboxylic acids is 1. The third-order valence-corrected chi connectivity index (χ3v) is 4.62. The molecule has 3 heteroatoms. The first kappa shape index (κ1) is 14.8. The second-order valence-corrected chi connectivity index (χ2v) is 6.27. The van der Waals surface area contributed by atoms with Crippen molar-refractivity contribution in [2.45, 2.75) is 25.8 Å². The normalized spacial score (nSPS) is 12.2. The first-order chi connectivity index (χ1) is 10.7. The molecule has 1 atom stereocenters. The van der Waals surface area contributed by atoms with Crippen LogP contribution in [0, 0.1) is 0 Å². The number of amides is 1. The summed E-state index contributed by atoms with van der Waals surface area (Å²) >= 11 is 1.67. The Hall–Kier alpha value is -2.13. The van der Waals surface area contributed by atoms with Gasteiger partial charge in [0.1, 0.15) is 0 Å². The van der Waals surface area contributed by atoms with Crippen LogP contribution in [-0.4, -0.2) is 5.91 Å². The third-order valence-electron chi connectivity index (χ3n) is 3.89. The zero-order valence-corrected chi connectivity index (χ0v) is 13.4. The number of hydrogen-bond acceptors (Lipinski definition) is 2. The zero-order valence-electron chi connectivity index (χ0n) is 12.6.